The van der Waals surface area contributed by atoms with Crippen LogP contribution in [0.25, 0.3) is 5.76 Å². The molecule has 8 nitrogen and oxygen atoms in total. The predicted octanol–water partition coefficient (Wildman–Crippen LogP) is 4.82. The number of anilines is 1. The number of amides is 1. The van der Waals surface area contributed by atoms with E-state index in [1.165, 1.54) is 23.1 Å². The van der Waals surface area contributed by atoms with Gasteiger partial charge in [0.1, 0.15) is 17.3 Å². The SMILES string of the molecule is CCOC(=O)c1cccc(N2C(=O)C(=O)/C(=C(/O)c3cc(C)c(OC)cc3C)C2c2cccc(O)c2)c1. The third kappa shape index (κ3) is 4.65. The third-order valence-electron chi connectivity index (χ3n) is 6.26. The van der Waals surface area contributed by atoms with Crippen LogP contribution in [0.5, 0.6) is 11.5 Å². The van der Waals surface area contributed by atoms with E-state index in [0.29, 0.717) is 22.4 Å². The highest BCUT2D eigenvalue weighted by atomic mass is 16.5. The van der Waals surface area contributed by atoms with Gasteiger partial charge in [0.2, 0.25) is 0 Å². The molecule has 1 unspecified atom stereocenters. The average Bonchev–Trinajstić information content (AvgIpc) is 3.15. The van der Waals surface area contributed by atoms with Crippen molar-refractivity contribution < 1.29 is 34.1 Å². The number of benzene rings is 3. The number of carbonyl (C=O) groups is 3. The number of aliphatic hydroxyl groups excluding tert-OH is 1. The summed E-state index contributed by atoms with van der Waals surface area (Å²) >= 11 is 0. The minimum Gasteiger partial charge on any atom is -0.508 e. The number of aryl methyl sites for hydroxylation is 2. The van der Waals surface area contributed by atoms with Crippen LogP contribution in [0.4, 0.5) is 5.69 Å². The highest BCUT2D eigenvalue weighted by Gasteiger charge is 2.47. The minimum atomic E-state index is -1.06. The summed E-state index contributed by atoms with van der Waals surface area (Å²) in [5.41, 5.74) is 2.50. The molecule has 3 aromatic carbocycles. The van der Waals surface area contributed by atoms with E-state index in [-0.39, 0.29) is 34.9 Å². The van der Waals surface area contributed by atoms with Crippen LogP contribution in [0.1, 0.15) is 45.6 Å². The maximum atomic E-state index is 13.4. The Hall–Kier alpha value is -4.59. The number of ether oxygens (including phenoxy) is 2. The molecule has 1 aliphatic rings. The van der Waals surface area contributed by atoms with Gasteiger partial charge in [-0.25, -0.2) is 4.79 Å². The van der Waals surface area contributed by atoms with E-state index in [1.54, 1.807) is 70.3 Å². The quantitative estimate of drug-likeness (QED) is 0.215. The lowest BCUT2D eigenvalue weighted by molar-refractivity contribution is -0.132. The fraction of sp³-hybridized carbons (Fsp3) is 0.207. The van der Waals surface area contributed by atoms with Gasteiger partial charge < -0.3 is 19.7 Å². The number of nitrogens with zero attached hydrogens (tertiary/aromatic N) is 1. The average molecular weight is 502 g/mol. The Morgan fingerprint density at radius 3 is 2.41 bits per heavy atom. The first-order valence-electron chi connectivity index (χ1n) is 11.7. The molecule has 3 aromatic rings. The molecule has 1 aliphatic heterocycles. The second kappa shape index (κ2) is 10.2. The van der Waals surface area contributed by atoms with Crippen molar-refractivity contribution in [1.82, 2.24) is 0 Å². The summed E-state index contributed by atoms with van der Waals surface area (Å²) in [5, 5.41) is 21.6. The molecule has 0 spiro atoms. The second-order valence-corrected chi connectivity index (χ2v) is 8.67. The van der Waals surface area contributed by atoms with Crippen LogP contribution >= 0.6 is 0 Å². The van der Waals surface area contributed by atoms with Crippen molar-refractivity contribution in [2.75, 3.05) is 18.6 Å². The zero-order valence-electron chi connectivity index (χ0n) is 20.9. The Morgan fingerprint density at radius 2 is 1.73 bits per heavy atom. The van der Waals surface area contributed by atoms with Crippen molar-refractivity contribution in [2.24, 2.45) is 0 Å². The highest BCUT2D eigenvalue weighted by molar-refractivity contribution is 6.51. The summed E-state index contributed by atoms with van der Waals surface area (Å²) in [6.07, 6.45) is 0. The summed E-state index contributed by atoms with van der Waals surface area (Å²) < 4.78 is 10.4. The summed E-state index contributed by atoms with van der Waals surface area (Å²) in [7, 11) is 1.54. The molecule has 190 valence electrons. The number of rotatable bonds is 6. The Labute approximate surface area is 214 Å². The summed E-state index contributed by atoms with van der Waals surface area (Å²) in [6.45, 7) is 5.43. The van der Waals surface area contributed by atoms with Crippen LogP contribution in [0.3, 0.4) is 0 Å². The van der Waals surface area contributed by atoms with Gasteiger partial charge in [0.05, 0.1) is 30.9 Å². The van der Waals surface area contributed by atoms with Gasteiger partial charge in [-0.2, -0.15) is 0 Å². The van der Waals surface area contributed by atoms with E-state index in [2.05, 4.69) is 0 Å². The molecule has 0 aliphatic carbocycles. The number of phenolic OH excluding ortho intramolecular Hbond substituents is 1. The Bertz CT molecular complexity index is 1440. The highest BCUT2D eigenvalue weighted by Crippen LogP contribution is 2.43. The molecule has 1 heterocycles. The Morgan fingerprint density at radius 1 is 1.00 bits per heavy atom. The number of hydrogen-bond donors (Lipinski definition) is 2. The molecule has 0 aromatic heterocycles. The molecule has 1 fully saturated rings. The van der Waals surface area contributed by atoms with E-state index in [1.807, 2.05) is 0 Å². The van der Waals surface area contributed by atoms with Crippen LogP contribution in [-0.2, 0) is 14.3 Å². The van der Waals surface area contributed by atoms with Gasteiger partial charge in [-0.15, -0.1) is 0 Å². The van der Waals surface area contributed by atoms with Crippen molar-refractivity contribution in [2.45, 2.75) is 26.8 Å². The fourth-order valence-electron chi connectivity index (χ4n) is 4.52. The standard InChI is InChI=1S/C29H27NO7/c1-5-37-29(35)19-9-6-10-20(14-19)30-25(18-8-7-11-21(31)15-18)24(27(33)28(30)34)26(32)22-12-17(3)23(36-4)13-16(22)2/h6-15,25,31-32H,5H2,1-4H3/b26-24+. The van der Waals surface area contributed by atoms with Crippen LogP contribution < -0.4 is 9.64 Å². The minimum absolute atomic E-state index is 0.0696. The Kier molecular flexibility index (Phi) is 7.02. The van der Waals surface area contributed by atoms with Crippen molar-refractivity contribution >= 4 is 29.1 Å². The molecule has 1 amide bonds. The van der Waals surface area contributed by atoms with E-state index >= 15 is 0 Å². The number of phenols is 1. The third-order valence-corrected chi connectivity index (χ3v) is 6.26. The maximum Gasteiger partial charge on any atom is 0.338 e. The zero-order chi connectivity index (χ0) is 26.9. The smallest absolute Gasteiger partial charge is 0.338 e. The first kappa shape index (κ1) is 25.5. The largest absolute Gasteiger partial charge is 0.508 e. The topological polar surface area (TPSA) is 113 Å². The molecule has 0 radical (unpaired) electrons. The van der Waals surface area contributed by atoms with E-state index < -0.39 is 23.7 Å². The van der Waals surface area contributed by atoms with Crippen molar-refractivity contribution in [3.8, 4) is 11.5 Å². The number of aromatic hydroxyl groups is 1. The molecular formula is C29H27NO7. The Balaban J connectivity index is 1.95. The molecule has 1 saturated heterocycles. The summed E-state index contributed by atoms with van der Waals surface area (Å²) in [4.78, 5) is 40.4. The normalized spacial score (nSPS) is 16.6. The van der Waals surface area contributed by atoms with Crippen LogP contribution in [0, 0.1) is 13.8 Å². The number of hydrogen-bond acceptors (Lipinski definition) is 7. The van der Waals surface area contributed by atoms with E-state index in [9.17, 15) is 24.6 Å². The molecule has 2 N–H and O–H groups in total. The lowest BCUT2D eigenvalue weighted by atomic mass is 9.93. The van der Waals surface area contributed by atoms with Gasteiger partial charge in [0.25, 0.3) is 11.7 Å². The van der Waals surface area contributed by atoms with Crippen LogP contribution in [0.2, 0.25) is 0 Å². The van der Waals surface area contributed by atoms with Crippen LogP contribution in [-0.4, -0.2) is 41.6 Å². The van der Waals surface area contributed by atoms with Crippen molar-refractivity contribution in [1.29, 1.82) is 0 Å². The van der Waals surface area contributed by atoms with Crippen molar-refractivity contribution in [3.63, 3.8) is 0 Å². The lowest BCUT2D eigenvalue weighted by Crippen LogP contribution is -2.29. The molecule has 1 atom stereocenters. The monoisotopic (exact) mass is 501 g/mol. The van der Waals surface area contributed by atoms with Gasteiger partial charge >= 0.3 is 5.97 Å². The summed E-state index contributed by atoms with van der Waals surface area (Å²) in [6, 6.07) is 14.7. The molecule has 4 rings (SSSR count). The van der Waals surface area contributed by atoms with Gasteiger partial charge in [0.15, 0.2) is 0 Å². The number of esters is 1. The van der Waals surface area contributed by atoms with E-state index in [0.717, 1.165) is 5.56 Å². The molecule has 37 heavy (non-hydrogen) atoms. The fourth-order valence-corrected chi connectivity index (χ4v) is 4.52. The molecule has 0 saturated carbocycles. The maximum absolute atomic E-state index is 13.4. The zero-order valence-corrected chi connectivity index (χ0v) is 20.9. The molecular weight excluding hydrogens is 474 g/mol. The number of aliphatic hydroxyl groups is 1. The van der Waals surface area contributed by atoms with Gasteiger partial charge in [-0.05, 0) is 79.9 Å². The first-order chi connectivity index (χ1) is 17.7. The lowest BCUT2D eigenvalue weighted by Gasteiger charge is -2.26. The number of Topliss-reactive ketones (excluding diaryl/α,β-unsaturated/α-hetero) is 1. The van der Waals surface area contributed by atoms with Crippen molar-refractivity contribution in [3.05, 3.63) is 94.1 Å². The number of ketones is 1. The van der Waals surface area contributed by atoms with Gasteiger partial charge in [-0.1, -0.05) is 18.2 Å². The number of carbonyl (C=O) groups excluding carboxylic acids is 3. The van der Waals surface area contributed by atoms with Crippen LogP contribution in [0.15, 0.2) is 66.2 Å². The van der Waals surface area contributed by atoms with E-state index in [4.69, 9.17) is 9.47 Å². The van der Waals surface area contributed by atoms with Gasteiger partial charge in [-0.3, -0.25) is 14.5 Å². The first-order valence-corrected chi connectivity index (χ1v) is 11.7. The molecule has 8 heteroatoms. The predicted molar refractivity (Wildman–Crippen MR) is 138 cm³/mol. The number of methoxy groups -OCH3 is 1. The van der Waals surface area contributed by atoms with Gasteiger partial charge in [0, 0.05) is 11.3 Å². The molecule has 0 bridgehead atoms. The summed E-state index contributed by atoms with van der Waals surface area (Å²) in [5.74, 6) is -2.13. The second-order valence-electron chi connectivity index (χ2n) is 8.67.